The molecule has 8 nitrogen and oxygen atoms in total. The fourth-order valence-electron chi connectivity index (χ4n) is 2.94. The van der Waals surface area contributed by atoms with Gasteiger partial charge in [0.15, 0.2) is 0 Å². The van der Waals surface area contributed by atoms with Gasteiger partial charge in [-0.2, -0.15) is 5.26 Å². The lowest BCUT2D eigenvalue weighted by Gasteiger charge is -2.08. The van der Waals surface area contributed by atoms with Crippen molar-refractivity contribution < 1.29 is 19.5 Å². The average molecular weight is 410 g/mol. The molecule has 0 spiro atoms. The molecule has 2 aromatic rings. The zero-order valence-electron chi connectivity index (χ0n) is 15.4. The van der Waals surface area contributed by atoms with Gasteiger partial charge in [0, 0.05) is 16.9 Å². The highest BCUT2D eigenvalue weighted by Gasteiger charge is 2.17. The van der Waals surface area contributed by atoms with Crippen LogP contribution in [0.4, 0.5) is 5.69 Å². The fourth-order valence-corrected chi connectivity index (χ4v) is 3.71. The monoisotopic (exact) mass is 410 g/mol. The Kier molecular flexibility index (Phi) is 6.46. The van der Waals surface area contributed by atoms with Crippen molar-refractivity contribution in [3.05, 3.63) is 52.7 Å². The molecule has 0 saturated carbocycles. The van der Waals surface area contributed by atoms with E-state index < -0.39 is 18.4 Å². The number of carboxylic acid groups (broad SMARTS) is 1. The van der Waals surface area contributed by atoms with Crippen molar-refractivity contribution in [2.24, 2.45) is 0 Å². The molecule has 0 saturated heterocycles. The van der Waals surface area contributed by atoms with Gasteiger partial charge in [0.1, 0.15) is 17.6 Å². The number of hydrogen-bond acceptors (Lipinski definition) is 6. The second-order valence-corrected chi connectivity index (χ2v) is 7.37. The molecule has 9 heteroatoms. The van der Waals surface area contributed by atoms with Crippen molar-refractivity contribution in [2.75, 3.05) is 17.6 Å². The van der Waals surface area contributed by atoms with Crippen molar-refractivity contribution in [2.45, 2.75) is 24.3 Å². The third-order valence-corrected chi connectivity index (χ3v) is 5.30. The summed E-state index contributed by atoms with van der Waals surface area (Å²) in [6.45, 7) is -0.462. The van der Waals surface area contributed by atoms with Crippen LogP contribution in [0.1, 0.15) is 33.6 Å². The smallest absolute Gasteiger partial charge is 0.322 e. The van der Waals surface area contributed by atoms with Crippen LogP contribution in [0.2, 0.25) is 0 Å². The first-order chi connectivity index (χ1) is 14.0. The van der Waals surface area contributed by atoms with Crippen molar-refractivity contribution in [3.63, 3.8) is 0 Å². The van der Waals surface area contributed by atoms with E-state index in [0.29, 0.717) is 21.8 Å². The van der Waals surface area contributed by atoms with E-state index >= 15 is 0 Å². The van der Waals surface area contributed by atoms with Gasteiger partial charge < -0.3 is 15.7 Å². The van der Waals surface area contributed by atoms with Crippen LogP contribution < -0.4 is 10.6 Å². The third-order valence-electron chi connectivity index (χ3n) is 4.31. The number of aliphatic carboxylic acids is 1. The number of benzene rings is 1. The molecule has 0 radical (unpaired) electrons. The minimum Gasteiger partial charge on any atom is -0.480 e. The van der Waals surface area contributed by atoms with Crippen molar-refractivity contribution in [3.8, 4) is 6.07 Å². The molecular formula is C20H18N4O4S. The van der Waals surface area contributed by atoms with Gasteiger partial charge in [0.25, 0.3) is 5.91 Å². The van der Waals surface area contributed by atoms with Gasteiger partial charge in [0.2, 0.25) is 5.91 Å². The van der Waals surface area contributed by atoms with Crippen LogP contribution in [0.15, 0.2) is 35.4 Å². The molecule has 3 N–H and O–H groups in total. The standard InChI is InChI=1S/C20H18N4O4S/c21-9-14-8-13-2-1-3-16(13)24-20(14)29-11-17(25)23-15-6-4-12(5-7-15)19(28)22-10-18(26)27/h4-8H,1-3,10-11H2,(H,22,28)(H,23,25)(H,26,27). The van der Waals surface area contributed by atoms with E-state index in [1.54, 1.807) is 12.1 Å². The second kappa shape index (κ2) is 9.21. The number of fused-ring (bicyclic) bond motifs is 1. The summed E-state index contributed by atoms with van der Waals surface area (Å²) < 4.78 is 0. The van der Waals surface area contributed by atoms with Crippen molar-refractivity contribution >= 4 is 35.2 Å². The van der Waals surface area contributed by atoms with E-state index in [9.17, 15) is 19.6 Å². The fraction of sp³-hybridized carbons (Fsp3) is 0.250. The van der Waals surface area contributed by atoms with Gasteiger partial charge in [0.05, 0.1) is 11.3 Å². The SMILES string of the molecule is N#Cc1cc2c(nc1SCC(=O)Nc1ccc(C(=O)NCC(=O)O)cc1)CCC2. The quantitative estimate of drug-likeness (QED) is 0.595. The molecular weight excluding hydrogens is 392 g/mol. The maximum absolute atomic E-state index is 12.2. The van der Waals surface area contributed by atoms with Crippen LogP contribution in [0, 0.1) is 11.3 Å². The number of pyridine rings is 1. The number of aromatic nitrogens is 1. The predicted octanol–water partition coefficient (Wildman–Crippen LogP) is 1.99. The lowest BCUT2D eigenvalue weighted by molar-refractivity contribution is -0.135. The topological polar surface area (TPSA) is 132 Å². The maximum Gasteiger partial charge on any atom is 0.322 e. The van der Waals surface area contributed by atoms with Crippen LogP contribution in [-0.4, -0.2) is 40.2 Å². The van der Waals surface area contributed by atoms with Gasteiger partial charge in [-0.3, -0.25) is 14.4 Å². The maximum atomic E-state index is 12.2. The number of carboxylic acids is 1. The predicted molar refractivity (Wildman–Crippen MR) is 107 cm³/mol. The van der Waals surface area contributed by atoms with Crippen molar-refractivity contribution in [1.29, 1.82) is 5.26 Å². The van der Waals surface area contributed by atoms with Gasteiger partial charge in [-0.25, -0.2) is 4.98 Å². The van der Waals surface area contributed by atoms with Crippen molar-refractivity contribution in [1.82, 2.24) is 10.3 Å². The molecule has 148 valence electrons. The molecule has 3 rings (SSSR count). The van der Waals surface area contributed by atoms with Crippen LogP contribution in [0.3, 0.4) is 0 Å². The number of thioether (sulfide) groups is 1. The Morgan fingerprint density at radius 2 is 1.97 bits per heavy atom. The molecule has 0 atom stereocenters. The number of aryl methyl sites for hydroxylation is 2. The summed E-state index contributed by atoms with van der Waals surface area (Å²) in [6, 6.07) is 10.1. The average Bonchev–Trinajstić information content (AvgIpc) is 3.17. The largest absolute Gasteiger partial charge is 0.480 e. The summed E-state index contributed by atoms with van der Waals surface area (Å²) >= 11 is 1.22. The number of amides is 2. The number of anilines is 1. The van der Waals surface area contributed by atoms with Crippen LogP contribution >= 0.6 is 11.8 Å². The molecule has 0 aliphatic heterocycles. The Hall–Kier alpha value is -3.38. The van der Waals surface area contributed by atoms with E-state index in [2.05, 4.69) is 21.7 Å². The zero-order valence-corrected chi connectivity index (χ0v) is 16.2. The first-order valence-corrected chi connectivity index (χ1v) is 9.90. The molecule has 2 amide bonds. The Morgan fingerprint density at radius 1 is 1.21 bits per heavy atom. The molecule has 1 heterocycles. The van der Waals surface area contributed by atoms with Gasteiger partial charge in [-0.05, 0) is 55.2 Å². The summed E-state index contributed by atoms with van der Waals surface area (Å²) in [4.78, 5) is 39.0. The van der Waals surface area contributed by atoms with E-state index in [1.807, 2.05) is 6.07 Å². The molecule has 29 heavy (non-hydrogen) atoms. The lowest BCUT2D eigenvalue weighted by atomic mass is 10.2. The number of hydrogen-bond donors (Lipinski definition) is 3. The Bertz CT molecular complexity index is 999. The molecule has 1 aromatic carbocycles. The van der Waals surface area contributed by atoms with Gasteiger partial charge >= 0.3 is 5.97 Å². The molecule has 1 aromatic heterocycles. The first-order valence-electron chi connectivity index (χ1n) is 8.92. The summed E-state index contributed by atoms with van der Waals surface area (Å²) in [6.07, 6.45) is 2.87. The van der Waals surface area contributed by atoms with E-state index in [-0.39, 0.29) is 11.7 Å². The highest BCUT2D eigenvalue weighted by Crippen LogP contribution is 2.27. The van der Waals surface area contributed by atoms with Crippen LogP contribution in [0.25, 0.3) is 0 Å². The zero-order chi connectivity index (χ0) is 20.8. The number of carbonyl (C=O) groups excluding carboxylic acids is 2. The lowest BCUT2D eigenvalue weighted by Crippen LogP contribution is -2.29. The van der Waals surface area contributed by atoms with E-state index in [4.69, 9.17) is 5.11 Å². The number of rotatable bonds is 7. The third kappa shape index (κ3) is 5.33. The molecule has 1 aliphatic carbocycles. The summed E-state index contributed by atoms with van der Waals surface area (Å²) in [5, 5.41) is 23.4. The molecule has 0 bridgehead atoms. The number of nitrogens with one attached hydrogen (secondary N) is 2. The second-order valence-electron chi connectivity index (χ2n) is 6.40. The number of carbonyl (C=O) groups is 3. The van der Waals surface area contributed by atoms with Gasteiger partial charge in [-0.1, -0.05) is 11.8 Å². The number of nitrogens with zero attached hydrogens (tertiary/aromatic N) is 2. The Labute approximate surface area is 171 Å². The molecule has 0 unspecified atom stereocenters. The van der Waals surface area contributed by atoms with Crippen LogP contribution in [-0.2, 0) is 22.4 Å². The summed E-state index contributed by atoms with van der Waals surface area (Å²) in [5.74, 6) is -1.80. The van der Waals surface area contributed by atoms with E-state index in [0.717, 1.165) is 30.5 Å². The summed E-state index contributed by atoms with van der Waals surface area (Å²) in [5.41, 5.74) is 3.40. The number of nitriles is 1. The first kappa shape index (κ1) is 20.4. The minimum atomic E-state index is -1.13. The van der Waals surface area contributed by atoms with E-state index in [1.165, 1.54) is 23.9 Å². The summed E-state index contributed by atoms with van der Waals surface area (Å²) in [7, 11) is 0. The highest BCUT2D eigenvalue weighted by molar-refractivity contribution is 8.00. The normalized spacial score (nSPS) is 12.0. The Morgan fingerprint density at radius 3 is 2.66 bits per heavy atom. The highest BCUT2D eigenvalue weighted by atomic mass is 32.2. The molecule has 0 fully saturated rings. The van der Waals surface area contributed by atoms with Crippen LogP contribution in [0.5, 0.6) is 0 Å². The minimum absolute atomic E-state index is 0.0985. The molecule has 1 aliphatic rings. The Balaban J connectivity index is 1.56. The van der Waals surface area contributed by atoms with Gasteiger partial charge in [-0.15, -0.1) is 0 Å².